The molecule has 0 aliphatic carbocycles. The Kier molecular flexibility index (Phi) is 7.47. The lowest BCUT2D eigenvalue weighted by Crippen LogP contribution is -2.29. The maximum absolute atomic E-state index is 11.6. The Morgan fingerprint density at radius 2 is 2.18 bits per heavy atom. The molecule has 1 aliphatic heterocycles. The highest BCUT2D eigenvalue weighted by molar-refractivity contribution is 5.97. The third-order valence-electron chi connectivity index (χ3n) is 3.16. The Labute approximate surface area is 128 Å². The van der Waals surface area contributed by atoms with Crippen molar-refractivity contribution in [3.05, 3.63) is 11.8 Å². The maximum Gasteiger partial charge on any atom is 0.305 e. The van der Waals surface area contributed by atoms with Gasteiger partial charge in [0.1, 0.15) is 11.6 Å². The Bertz CT molecular complexity index is 496. The van der Waals surface area contributed by atoms with E-state index >= 15 is 0 Å². The maximum atomic E-state index is 11.6. The highest BCUT2D eigenvalue weighted by atomic mass is 16.4. The molecule has 0 radical (unpaired) electrons. The zero-order valence-corrected chi connectivity index (χ0v) is 12.3. The number of hydrogen-bond acceptors (Lipinski definition) is 5. The van der Waals surface area contributed by atoms with Crippen LogP contribution in [0.4, 0.5) is 0 Å². The SMILES string of the molecule is N#C/C(=C/NCCCN1CCCC1=O)C(=O)NCCC(=O)O. The number of nitrogens with zero attached hydrogens (tertiary/aromatic N) is 2. The van der Waals surface area contributed by atoms with Crippen molar-refractivity contribution in [2.75, 3.05) is 26.2 Å². The lowest BCUT2D eigenvalue weighted by Gasteiger charge is -2.14. The number of likely N-dealkylation sites (tertiary alicyclic amines) is 1. The van der Waals surface area contributed by atoms with Gasteiger partial charge in [-0.15, -0.1) is 0 Å². The fraction of sp³-hybridized carbons (Fsp3) is 0.571. The van der Waals surface area contributed by atoms with Crippen molar-refractivity contribution in [1.82, 2.24) is 15.5 Å². The molecule has 1 saturated heterocycles. The molecule has 0 saturated carbocycles. The van der Waals surface area contributed by atoms with Crippen LogP contribution in [0.25, 0.3) is 0 Å². The average Bonchev–Trinajstić information content (AvgIpc) is 2.87. The topological polar surface area (TPSA) is 123 Å². The molecule has 120 valence electrons. The van der Waals surface area contributed by atoms with Gasteiger partial charge in [0.25, 0.3) is 5.91 Å². The molecule has 0 bridgehead atoms. The molecule has 2 amide bonds. The normalized spacial score (nSPS) is 14.6. The molecular weight excluding hydrogens is 288 g/mol. The summed E-state index contributed by atoms with van der Waals surface area (Å²) in [6.07, 6.45) is 3.36. The smallest absolute Gasteiger partial charge is 0.305 e. The Morgan fingerprint density at radius 3 is 2.77 bits per heavy atom. The van der Waals surface area contributed by atoms with Crippen molar-refractivity contribution in [3.63, 3.8) is 0 Å². The molecule has 0 aromatic heterocycles. The minimum absolute atomic E-state index is 0.0236. The fourth-order valence-electron chi connectivity index (χ4n) is 2.01. The van der Waals surface area contributed by atoms with Gasteiger partial charge in [0.05, 0.1) is 6.42 Å². The fourth-order valence-corrected chi connectivity index (χ4v) is 2.01. The van der Waals surface area contributed by atoms with Gasteiger partial charge in [-0.25, -0.2) is 0 Å². The summed E-state index contributed by atoms with van der Waals surface area (Å²) in [5.41, 5.74) is -0.109. The van der Waals surface area contributed by atoms with E-state index in [-0.39, 0.29) is 24.4 Å². The van der Waals surface area contributed by atoms with Gasteiger partial charge in [-0.1, -0.05) is 0 Å². The number of aliphatic carboxylic acids is 1. The van der Waals surface area contributed by atoms with Gasteiger partial charge in [0, 0.05) is 38.8 Å². The van der Waals surface area contributed by atoms with E-state index in [4.69, 9.17) is 10.4 Å². The summed E-state index contributed by atoms with van der Waals surface area (Å²) in [4.78, 5) is 35.1. The predicted octanol–water partition coefficient (Wildman–Crippen LogP) is -0.413. The number of rotatable bonds is 9. The molecular formula is C14H20N4O4. The van der Waals surface area contributed by atoms with Crippen LogP contribution in [-0.2, 0) is 14.4 Å². The average molecular weight is 308 g/mol. The Balaban J connectivity index is 2.23. The summed E-state index contributed by atoms with van der Waals surface area (Å²) in [6, 6.07) is 1.75. The number of carbonyl (C=O) groups is 3. The number of carboxylic acids is 1. The van der Waals surface area contributed by atoms with Crippen molar-refractivity contribution in [3.8, 4) is 6.07 Å². The molecule has 1 heterocycles. The third kappa shape index (κ3) is 6.26. The van der Waals surface area contributed by atoms with Crippen LogP contribution in [0, 0.1) is 11.3 Å². The minimum Gasteiger partial charge on any atom is -0.481 e. The first-order chi connectivity index (χ1) is 10.5. The van der Waals surface area contributed by atoms with Crippen LogP contribution in [-0.4, -0.2) is 54.0 Å². The van der Waals surface area contributed by atoms with Crippen LogP contribution in [0.2, 0.25) is 0 Å². The van der Waals surface area contributed by atoms with E-state index in [0.29, 0.717) is 19.5 Å². The zero-order chi connectivity index (χ0) is 16.4. The van der Waals surface area contributed by atoms with Gasteiger partial charge >= 0.3 is 5.97 Å². The molecule has 0 spiro atoms. The first-order valence-electron chi connectivity index (χ1n) is 7.16. The molecule has 1 aliphatic rings. The summed E-state index contributed by atoms with van der Waals surface area (Å²) in [6.45, 7) is 1.97. The van der Waals surface area contributed by atoms with Gasteiger partial charge in [-0.2, -0.15) is 5.26 Å². The van der Waals surface area contributed by atoms with Crippen molar-refractivity contribution in [1.29, 1.82) is 5.26 Å². The van der Waals surface area contributed by atoms with Gasteiger partial charge < -0.3 is 20.6 Å². The number of nitrogens with one attached hydrogen (secondary N) is 2. The molecule has 0 atom stereocenters. The summed E-state index contributed by atoms with van der Waals surface area (Å²) in [7, 11) is 0. The molecule has 8 heteroatoms. The van der Waals surface area contributed by atoms with Gasteiger partial charge in [0.15, 0.2) is 0 Å². The van der Waals surface area contributed by atoms with Crippen molar-refractivity contribution < 1.29 is 19.5 Å². The van der Waals surface area contributed by atoms with E-state index < -0.39 is 11.9 Å². The van der Waals surface area contributed by atoms with E-state index in [9.17, 15) is 14.4 Å². The van der Waals surface area contributed by atoms with E-state index in [0.717, 1.165) is 19.4 Å². The predicted molar refractivity (Wildman–Crippen MR) is 77.4 cm³/mol. The van der Waals surface area contributed by atoms with E-state index in [1.54, 1.807) is 11.0 Å². The zero-order valence-electron chi connectivity index (χ0n) is 12.3. The summed E-state index contributed by atoms with van der Waals surface area (Å²) >= 11 is 0. The lowest BCUT2D eigenvalue weighted by atomic mass is 10.3. The number of carbonyl (C=O) groups excluding carboxylic acids is 2. The molecule has 0 unspecified atom stereocenters. The number of nitriles is 1. The second-order valence-electron chi connectivity index (χ2n) is 4.86. The van der Waals surface area contributed by atoms with E-state index in [1.165, 1.54) is 6.20 Å². The number of carboxylic acid groups (broad SMARTS) is 1. The Hall–Kier alpha value is -2.56. The van der Waals surface area contributed by atoms with Gasteiger partial charge in [-0.05, 0) is 12.8 Å². The number of amides is 2. The largest absolute Gasteiger partial charge is 0.481 e. The summed E-state index contributed by atoms with van der Waals surface area (Å²) in [5.74, 6) is -1.45. The quantitative estimate of drug-likeness (QED) is 0.302. The first-order valence-corrected chi connectivity index (χ1v) is 7.16. The van der Waals surface area contributed by atoms with E-state index in [2.05, 4.69) is 10.6 Å². The summed E-state index contributed by atoms with van der Waals surface area (Å²) < 4.78 is 0. The van der Waals surface area contributed by atoms with Crippen LogP contribution < -0.4 is 10.6 Å². The highest BCUT2D eigenvalue weighted by Crippen LogP contribution is 2.09. The van der Waals surface area contributed by atoms with Gasteiger partial charge in [0.2, 0.25) is 5.91 Å². The van der Waals surface area contributed by atoms with Crippen LogP contribution in [0.5, 0.6) is 0 Å². The monoisotopic (exact) mass is 308 g/mol. The van der Waals surface area contributed by atoms with E-state index in [1.807, 2.05) is 0 Å². The van der Waals surface area contributed by atoms with Crippen molar-refractivity contribution in [2.24, 2.45) is 0 Å². The molecule has 22 heavy (non-hydrogen) atoms. The molecule has 3 N–H and O–H groups in total. The van der Waals surface area contributed by atoms with Crippen molar-refractivity contribution in [2.45, 2.75) is 25.7 Å². The molecule has 1 fully saturated rings. The molecule has 0 aromatic rings. The minimum atomic E-state index is -1.02. The second-order valence-corrected chi connectivity index (χ2v) is 4.86. The standard InChI is InChI=1S/C14H20N4O4/c15-9-11(14(22)17-6-4-13(20)21)10-16-5-2-8-18-7-1-3-12(18)19/h10,16H,1-8H2,(H,17,22)(H,20,21)/b11-10-. The van der Waals surface area contributed by atoms with Crippen molar-refractivity contribution >= 4 is 17.8 Å². The van der Waals surface area contributed by atoms with Crippen LogP contribution >= 0.6 is 0 Å². The van der Waals surface area contributed by atoms with Crippen LogP contribution in [0.15, 0.2) is 11.8 Å². The van der Waals surface area contributed by atoms with Crippen LogP contribution in [0.3, 0.4) is 0 Å². The molecule has 1 rings (SSSR count). The van der Waals surface area contributed by atoms with Crippen LogP contribution in [0.1, 0.15) is 25.7 Å². The molecule has 8 nitrogen and oxygen atoms in total. The summed E-state index contributed by atoms with van der Waals surface area (Å²) in [5, 5.41) is 22.5. The third-order valence-corrected chi connectivity index (χ3v) is 3.16. The number of hydrogen-bond donors (Lipinski definition) is 3. The second kappa shape index (κ2) is 9.39. The molecule has 0 aromatic carbocycles. The highest BCUT2D eigenvalue weighted by Gasteiger charge is 2.18. The Morgan fingerprint density at radius 1 is 1.41 bits per heavy atom. The van der Waals surface area contributed by atoms with Gasteiger partial charge in [-0.3, -0.25) is 14.4 Å². The lowest BCUT2D eigenvalue weighted by molar-refractivity contribution is -0.137. The first kappa shape index (κ1) is 17.5.